The molecular formula is C20H18N2O4. The van der Waals surface area contributed by atoms with Gasteiger partial charge in [-0.05, 0) is 36.2 Å². The van der Waals surface area contributed by atoms with Crippen molar-refractivity contribution in [2.45, 2.75) is 19.4 Å². The van der Waals surface area contributed by atoms with Crippen LogP contribution in [-0.4, -0.2) is 23.6 Å². The molecule has 6 heteroatoms. The van der Waals surface area contributed by atoms with Crippen LogP contribution >= 0.6 is 0 Å². The molecule has 1 unspecified atom stereocenters. The predicted octanol–water partition coefficient (Wildman–Crippen LogP) is 2.87. The summed E-state index contributed by atoms with van der Waals surface area (Å²) in [5, 5.41) is 3.79. The van der Waals surface area contributed by atoms with E-state index in [-0.39, 0.29) is 18.1 Å². The Morgan fingerprint density at radius 2 is 2.00 bits per heavy atom. The zero-order valence-electron chi connectivity index (χ0n) is 14.2. The molecule has 1 atom stereocenters. The molecule has 2 N–H and O–H groups in total. The molecule has 0 radical (unpaired) electrons. The van der Waals surface area contributed by atoms with Crippen LogP contribution in [0.3, 0.4) is 0 Å². The molecule has 26 heavy (non-hydrogen) atoms. The SMILES string of the molecule is CCc1cc(=O)[nH]c2cc(NC(=O)C3COc4ccccc4O3)ccc12. The highest BCUT2D eigenvalue weighted by molar-refractivity contribution is 5.97. The lowest BCUT2D eigenvalue weighted by Gasteiger charge is -2.25. The Morgan fingerprint density at radius 3 is 2.81 bits per heavy atom. The van der Waals surface area contributed by atoms with Crippen LogP contribution in [0, 0.1) is 0 Å². The summed E-state index contributed by atoms with van der Waals surface area (Å²) in [5.41, 5.74) is 2.10. The first kappa shape index (κ1) is 16.2. The van der Waals surface area contributed by atoms with Gasteiger partial charge in [-0.3, -0.25) is 9.59 Å². The first-order chi connectivity index (χ1) is 12.6. The highest BCUT2D eigenvalue weighted by Crippen LogP contribution is 2.31. The second-order valence-electron chi connectivity index (χ2n) is 6.13. The summed E-state index contributed by atoms with van der Waals surface area (Å²) in [6, 6.07) is 14.3. The molecule has 1 aromatic heterocycles. The number of rotatable bonds is 3. The van der Waals surface area contributed by atoms with E-state index in [0.29, 0.717) is 22.7 Å². The molecule has 0 saturated heterocycles. The van der Waals surface area contributed by atoms with Gasteiger partial charge in [-0.15, -0.1) is 0 Å². The standard InChI is InChI=1S/C20H18N2O4/c1-2-12-9-19(23)22-15-10-13(7-8-14(12)15)21-20(24)18-11-25-16-5-3-4-6-17(16)26-18/h3-10,18H,2,11H2,1H3,(H,21,24)(H,22,23). The molecule has 0 aliphatic carbocycles. The molecule has 0 saturated carbocycles. The number of hydrogen-bond donors (Lipinski definition) is 2. The fraction of sp³-hybridized carbons (Fsp3) is 0.200. The third-order valence-corrected chi connectivity index (χ3v) is 4.38. The van der Waals surface area contributed by atoms with E-state index in [1.165, 1.54) is 0 Å². The summed E-state index contributed by atoms with van der Waals surface area (Å²) in [7, 11) is 0. The van der Waals surface area contributed by atoms with E-state index in [1.807, 2.05) is 31.2 Å². The predicted molar refractivity (Wildman–Crippen MR) is 98.9 cm³/mol. The number of amides is 1. The van der Waals surface area contributed by atoms with Crippen LogP contribution in [0.4, 0.5) is 5.69 Å². The molecule has 0 spiro atoms. The number of hydrogen-bond acceptors (Lipinski definition) is 4. The average molecular weight is 350 g/mol. The Balaban J connectivity index is 1.56. The first-order valence-electron chi connectivity index (χ1n) is 8.49. The van der Waals surface area contributed by atoms with Crippen molar-refractivity contribution in [3.8, 4) is 11.5 Å². The number of para-hydroxylation sites is 2. The minimum Gasteiger partial charge on any atom is -0.485 e. The van der Waals surface area contributed by atoms with Gasteiger partial charge in [-0.25, -0.2) is 0 Å². The third-order valence-electron chi connectivity index (χ3n) is 4.38. The van der Waals surface area contributed by atoms with Crippen LogP contribution in [-0.2, 0) is 11.2 Å². The van der Waals surface area contributed by atoms with Gasteiger partial charge in [-0.1, -0.05) is 25.1 Å². The maximum atomic E-state index is 12.5. The molecule has 1 amide bonds. The smallest absolute Gasteiger partial charge is 0.269 e. The molecule has 2 aromatic carbocycles. The third kappa shape index (κ3) is 3.01. The lowest BCUT2D eigenvalue weighted by atomic mass is 10.1. The van der Waals surface area contributed by atoms with Crippen LogP contribution in [0.1, 0.15) is 12.5 Å². The van der Waals surface area contributed by atoms with Gasteiger partial charge in [0, 0.05) is 17.1 Å². The largest absolute Gasteiger partial charge is 0.485 e. The Labute approximate surface area is 149 Å². The highest BCUT2D eigenvalue weighted by Gasteiger charge is 2.27. The monoisotopic (exact) mass is 350 g/mol. The number of pyridine rings is 1. The van der Waals surface area contributed by atoms with Crippen LogP contribution in [0.25, 0.3) is 10.9 Å². The molecule has 3 aromatic rings. The Kier molecular flexibility index (Phi) is 4.08. The molecule has 0 fully saturated rings. The van der Waals surface area contributed by atoms with Crippen molar-refractivity contribution in [3.05, 3.63) is 64.4 Å². The van der Waals surface area contributed by atoms with Crippen molar-refractivity contribution < 1.29 is 14.3 Å². The summed E-state index contributed by atoms with van der Waals surface area (Å²) in [6.45, 7) is 2.15. The number of benzene rings is 2. The number of aromatic nitrogens is 1. The summed E-state index contributed by atoms with van der Waals surface area (Å²) < 4.78 is 11.3. The number of aromatic amines is 1. The Bertz CT molecular complexity index is 1040. The number of H-pyrrole nitrogens is 1. The van der Waals surface area contributed by atoms with Gasteiger partial charge < -0.3 is 19.8 Å². The van der Waals surface area contributed by atoms with Crippen molar-refractivity contribution in [3.63, 3.8) is 0 Å². The van der Waals surface area contributed by atoms with E-state index >= 15 is 0 Å². The summed E-state index contributed by atoms with van der Waals surface area (Å²) in [4.78, 5) is 27.1. The quantitative estimate of drug-likeness (QED) is 0.761. The van der Waals surface area contributed by atoms with E-state index in [2.05, 4.69) is 10.3 Å². The molecular weight excluding hydrogens is 332 g/mol. The Hall–Kier alpha value is -3.28. The topological polar surface area (TPSA) is 80.4 Å². The number of nitrogens with one attached hydrogen (secondary N) is 2. The van der Waals surface area contributed by atoms with Gasteiger partial charge in [0.2, 0.25) is 11.7 Å². The number of aryl methyl sites for hydroxylation is 1. The van der Waals surface area contributed by atoms with Crippen LogP contribution < -0.4 is 20.3 Å². The molecule has 1 aliphatic heterocycles. The van der Waals surface area contributed by atoms with Gasteiger partial charge in [0.25, 0.3) is 5.91 Å². The van der Waals surface area contributed by atoms with Crippen molar-refractivity contribution in [2.75, 3.05) is 11.9 Å². The van der Waals surface area contributed by atoms with Gasteiger partial charge >= 0.3 is 0 Å². The number of anilines is 1. The average Bonchev–Trinajstić information content (AvgIpc) is 2.66. The minimum absolute atomic E-state index is 0.146. The van der Waals surface area contributed by atoms with Gasteiger partial charge in [0.05, 0.1) is 5.52 Å². The molecule has 6 nitrogen and oxygen atoms in total. The van der Waals surface area contributed by atoms with Gasteiger partial charge in [0.15, 0.2) is 11.5 Å². The first-order valence-corrected chi connectivity index (χ1v) is 8.49. The van der Waals surface area contributed by atoms with Crippen molar-refractivity contribution >= 4 is 22.5 Å². The second-order valence-corrected chi connectivity index (χ2v) is 6.13. The van der Waals surface area contributed by atoms with Crippen molar-refractivity contribution in [2.24, 2.45) is 0 Å². The molecule has 2 heterocycles. The number of fused-ring (bicyclic) bond motifs is 2. The molecule has 132 valence electrons. The number of carbonyl (C=O) groups is 1. The minimum atomic E-state index is -0.735. The van der Waals surface area contributed by atoms with E-state index in [0.717, 1.165) is 17.4 Å². The van der Waals surface area contributed by atoms with Gasteiger partial charge in [0.1, 0.15) is 6.61 Å². The fourth-order valence-corrected chi connectivity index (χ4v) is 3.07. The maximum absolute atomic E-state index is 12.5. The summed E-state index contributed by atoms with van der Waals surface area (Å²) in [5.74, 6) is 0.883. The molecule has 4 rings (SSSR count). The van der Waals surface area contributed by atoms with E-state index in [9.17, 15) is 9.59 Å². The van der Waals surface area contributed by atoms with E-state index in [1.54, 1.807) is 24.3 Å². The molecule has 1 aliphatic rings. The normalized spacial score (nSPS) is 15.7. The van der Waals surface area contributed by atoms with Crippen LogP contribution in [0.15, 0.2) is 53.3 Å². The van der Waals surface area contributed by atoms with E-state index < -0.39 is 6.10 Å². The number of ether oxygens (including phenoxy) is 2. The maximum Gasteiger partial charge on any atom is 0.269 e. The lowest BCUT2D eigenvalue weighted by molar-refractivity contribution is -0.125. The lowest BCUT2D eigenvalue weighted by Crippen LogP contribution is -2.40. The molecule has 0 bridgehead atoms. The number of carbonyl (C=O) groups excluding carboxylic acids is 1. The zero-order chi connectivity index (χ0) is 18.1. The fourth-order valence-electron chi connectivity index (χ4n) is 3.07. The van der Waals surface area contributed by atoms with Gasteiger partial charge in [-0.2, -0.15) is 0 Å². The van der Waals surface area contributed by atoms with Crippen LogP contribution in [0.2, 0.25) is 0 Å². The van der Waals surface area contributed by atoms with Crippen LogP contribution in [0.5, 0.6) is 11.5 Å². The summed E-state index contributed by atoms with van der Waals surface area (Å²) >= 11 is 0. The summed E-state index contributed by atoms with van der Waals surface area (Å²) in [6.07, 6.45) is 0.0281. The van der Waals surface area contributed by atoms with Crippen molar-refractivity contribution in [1.82, 2.24) is 4.98 Å². The second kappa shape index (κ2) is 6.55. The van der Waals surface area contributed by atoms with E-state index in [4.69, 9.17) is 9.47 Å². The highest BCUT2D eigenvalue weighted by atomic mass is 16.6. The van der Waals surface area contributed by atoms with Crippen molar-refractivity contribution in [1.29, 1.82) is 0 Å². The Morgan fingerprint density at radius 1 is 1.19 bits per heavy atom. The zero-order valence-corrected chi connectivity index (χ0v) is 14.2.